The summed E-state index contributed by atoms with van der Waals surface area (Å²) >= 11 is 3.54. The Morgan fingerprint density at radius 3 is 2.71 bits per heavy atom. The first-order valence-electron chi connectivity index (χ1n) is 6.99. The predicted molar refractivity (Wildman–Crippen MR) is 92.7 cm³/mol. The number of para-hydroxylation sites is 1. The Kier molecular flexibility index (Phi) is 3.93. The quantitative estimate of drug-likeness (QED) is 0.706. The van der Waals surface area contributed by atoms with E-state index in [4.69, 9.17) is 0 Å². The van der Waals surface area contributed by atoms with Crippen LogP contribution in [0.5, 0.6) is 0 Å². The SMILES string of the molecule is Cc1ccc2cccc(NCc3ccc(Br)c(C)c3)c2n1. The van der Waals surface area contributed by atoms with Crippen molar-refractivity contribution in [2.75, 3.05) is 5.32 Å². The number of nitrogens with zero attached hydrogens (tertiary/aromatic N) is 1. The van der Waals surface area contributed by atoms with Crippen LogP contribution >= 0.6 is 15.9 Å². The molecule has 1 aromatic heterocycles. The minimum absolute atomic E-state index is 0.794. The Hall–Kier alpha value is -1.87. The maximum absolute atomic E-state index is 4.65. The fourth-order valence-corrected chi connectivity index (χ4v) is 2.65. The molecule has 21 heavy (non-hydrogen) atoms. The number of aryl methyl sites for hydroxylation is 2. The number of anilines is 1. The maximum atomic E-state index is 4.65. The highest BCUT2D eigenvalue weighted by Gasteiger charge is 2.03. The van der Waals surface area contributed by atoms with Gasteiger partial charge in [-0.3, -0.25) is 4.98 Å². The van der Waals surface area contributed by atoms with Crippen LogP contribution in [0.4, 0.5) is 5.69 Å². The van der Waals surface area contributed by atoms with Crippen LogP contribution < -0.4 is 5.32 Å². The van der Waals surface area contributed by atoms with Crippen LogP contribution in [0.1, 0.15) is 16.8 Å². The molecule has 3 heteroatoms. The van der Waals surface area contributed by atoms with Crippen molar-refractivity contribution >= 4 is 32.5 Å². The van der Waals surface area contributed by atoms with Crippen molar-refractivity contribution in [3.63, 3.8) is 0 Å². The summed E-state index contributed by atoms with van der Waals surface area (Å²) in [4.78, 5) is 4.65. The molecule has 1 heterocycles. The van der Waals surface area contributed by atoms with Gasteiger partial charge in [0, 0.05) is 22.1 Å². The van der Waals surface area contributed by atoms with Gasteiger partial charge in [-0.15, -0.1) is 0 Å². The summed E-state index contributed by atoms with van der Waals surface area (Å²) in [5.74, 6) is 0. The summed E-state index contributed by atoms with van der Waals surface area (Å²) in [6, 6.07) is 16.8. The number of rotatable bonds is 3. The number of fused-ring (bicyclic) bond motifs is 1. The second-order valence-corrected chi connectivity index (χ2v) is 6.12. The molecule has 2 nitrogen and oxygen atoms in total. The number of hydrogen-bond acceptors (Lipinski definition) is 2. The van der Waals surface area contributed by atoms with E-state index in [0.717, 1.165) is 33.3 Å². The zero-order valence-electron chi connectivity index (χ0n) is 12.2. The molecule has 0 amide bonds. The first kappa shape index (κ1) is 14.1. The first-order valence-corrected chi connectivity index (χ1v) is 7.78. The minimum Gasteiger partial charge on any atom is -0.379 e. The number of nitrogens with one attached hydrogen (secondary N) is 1. The normalized spacial score (nSPS) is 10.8. The monoisotopic (exact) mass is 340 g/mol. The van der Waals surface area contributed by atoms with E-state index in [9.17, 15) is 0 Å². The van der Waals surface area contributed by atoms with Gasteiger partial charge in [0.1, 0.15) is 0 Å². The minimum atomic E-state index is 0.794. The predicted octanol–water partition coefficient (Wildman–Crippen LogP) is 5.23. The fourth-order valence-electron chi connectivity index (χ4n) is 2.40. The van der Waals surface area contributed by atoms with Gasteiger partial charge >= 0.3 is 0 Å². The van der Waals surface area contributed by atoms with Gasteiger partial charge in [-0.25, -0.2) is 0 Å². The summed E-state index contributed by atoms with van der Waals surface area (Å²) in [5, 5.41) is 4.66. The van der Waals surface area contributed by atoms with Crippen molar-refractivity contribution in [1.82, 2.24) is 4.98 Å². The molecule has 0 radical (unpaired) electrons. The lowest BCUT2D eigenvalue weighted by atomic mass is 10.1. The first-order chi connectivity index (χ1) is 10.1. The van der Waals surface area contributed by atoms with Gasteiger partial charge in [-0.2, -0.15) is 0 Å². The molecule has 0 atom stereocenters. The van der Waals surface area contributed by atoms with Crippen molar-refractivity contribution in [1.29, 1.82) is 0 Å². The fraction of sp³-hybridized carbons (Fsp3) is 0.167. The van der Waals surface area contributed by atoms with Gasteiger partial charge < -0.3 is 5.32 Å². The zero-order chi connectivity index (χ0) is 14.8. The number of aromatic nitrogens is 1. The molecule has 106 valence electrons. The molecule has 0 spiro atoms. The molecule has 3 rings (SSSR count). The smallest absolute Gasteiger partial charge is 0.0936 e. The van der Waals surface area contributed by atoms with Gasteiger partial charge in [-0.05, 0) is 43.2 Å². The van der Waals surface area contributed by atoms with Crippen molar-refractivity contribution in [2.24, 2.45) is 0 Å². The third-order valence-electron chi connectivity index (χ3n) is 3.56. The molecule has 0 saturated carbocycles. The zero-order valence-corrected chi connectivity index (χ0v) is 13.7. The second kappa shape index (κ2) is 5.86. The highest BCUT2D eigenvalue weighted by atomic mass is 79.9. The summed E-state index contributed by atoms with van der Waals surface area (Å²) in [6.45, 7) is 4.92. The van der Waals surface area contributed by atoms with E-state index in [1.807, 2.05) is 13.0 Å². The highest BCUT2D eigenvalue weighted by molar-refractivity contribution is 9.10. The Morgan fingerprint density at radius 2 is 1.90 bits per heavy atom. The highest BCUT2D eigenvalue weighted by Crippen LogP contribution is 2.23. The lowest BCUT2D eigenvalue weighted by Gasteiger charge is -2.10. The maximum Gasteiger partial charge on any atom is 0.0936 e. The molecule has 3 aromatic rings. The van der Waals surface area contributed by atoms with Crippen LogP contribution in [0.2, 0.25) is 0 Å². The molecule has 0 aliphatic carbocycles. The Balaban J connectivity index is 1.88. The average Bonchev–Trinajstić information content (AvgIpc) is 2.48. The van der Waals surface area contributed by atoms with E-state index < -0.39 is 0 Å². The number of halogens is 1. The van der Waals surface area contributed by atoms with Crippen LogP contribution in [0.25, 0.3) is 10.9 Å². The largest absolute Gasteiger partial charge is 0.379 e. The third-order valence-corrected chi connectivity index (χ3v) is 4.45. The van der Waals surface area contributed by atoms with Gasteiger partial charge in [0.05, 0.1) is 11.2 Å². The van der Waals surface area contributed by atoms with Crippen LogP contribution in [-0.2, 0) is 6.54 Å². The molecule has 0 aliphatic rings. The lowest BCUT2D eigenvalue weighted by molar-refractivity contribution is 1.14. The van der Waals surface area contributed by atoms with E-state index in [1.54, 1.807) is 0 Å². The van der Waals surface area contributed by atoms with Gasteiger partial charge in [0.25, 0.3) is 0 Å². The molecule has 0 fully saturated rings. The topological polar surface area (TPSA) is 24.9 Å². The van der Waals surface area contributed by atoms with Crippen molar-refractivity contribution in [3.05, 3.63) is 69.8 Å². The van der Waals surface area contributed by atoms with Crippen LogP contribution in [-0.4, -0.2) is 4.98 Å². The van der Waals surface area contributed by atoms with Crippen LogP contribution in [0.15, 0.2) is 53.0 Å². The van der Waals surface area contributed by atoms with Crippen LogP contribution in [0.3, 0.4) is 0 Å². The van der Waals surface area contributed by atoms with Crippen molar-refractivity contribution in [2.45, 2.75) is 20.4 Å². The Bertz CT molecular complexity index is 796. The summed E-state index contributed by atoms with van der Waals surface area (Å²) in [5.41, 5.74) is 5.67. The second-order valence-electron chi connectivity index (χ2n) is 5.27. The number of pyridine rings is 1. The van der Waals surface area contributed by atoms with E-state index in [-0.39, 0.29) is 0 Å². The molecule has 2 aromatic carbocycles. The Labute approximate surface area is 133 Å². The number of hydrogen-bond donors (Lipinski definition) is 1. The van der Waals surface area contributed by atoms with Crippen LogP contribution in [0, 0.1) is 13.8 Å². The molecule has 0 aliphatic heterocycles. The molecule has 0 bridgehead atoms. The Morgan fingerprint density at radius 1 is 1.05 bits per heavy atom. The molecular formula is C18H17BrN2. The van der Waals surface area contributed by atoms with Gasteiger partial charge in [0.2, 0.25) is 0 Å². The lowest BCUT2D eigenvalue weighted by Crippen LogP contribution is -2.01. The van der Waals surface area contributed by atoms with E-state index in [2.05, 4.69) is 75.6 Å². The number of benzene rings is 2. The third kappa shape index (κ3) is 3.08. The van der Waals surface area contributed by atoms with Gasteiger partial charge in [0.15, 0.2) is 0 Å². The molecule has 1 N–H and O–H groups in total. The molecule has 0 unspecified atom stereocenters. The van der Waals surface area contributed by atoms with Crippen molar-refractivity contribution < 1.29 is 0 Å². The molecule has 0 saturated heterocycles. The van der Waals surface area contributed by atoms with E-state index >= 15 is 0 Å². The van der Waals surface area contributed by atoms with E-state index in [1.165, 1.54) is 11.1 Å². The molecular weight excluding hydrogens is 324 g/mol. The summed E-state index contributed by atoms with van der Waals surface area (Å²) in [7, 11) is 0. The van der Waals surface area contributed by atoms with E-state index in [0.29, 0.717) is 0 Å². The summed E-state index contributed by atoms with van der Waals surface area (Å²) in [6.07, 6.45) is 0. The summed E-state index contributed by atoms with van der Waals surface area (Å²) < 4.78 is 1.15. The van der Waals surface area contributed by atoms with Crippen molar-refractivity contribution in [3.8, 4) is 0 Å². The van der Waals surface area contributed by atoms with Gasteiger partial charge in [-0.1, -0.05) is 46.3 Å². The standard InChI is InChI=1S/C18H17BrN2/c1-12-10-14(7-9-16(12)19)11-20-17-5-3-4-15-8-6-13(2)21-18(15)17/h3-10,20H,11H2,1-2H3. The average molecular weight is 341 g/mol.